The third kappa shape index (κ3) is 6.00. The summed E-state index contributed by atoms with van der Waals surface area (Å²) in [6.07, 6.45) is 0.900. The van der Waals surface area contributed by atoms with E-state index in [1.54, 1.807) is 24.3 Å². The van der Waals surface area contributed by atoms with E-state index >= 15 is 0 Å². The molecule has 2 aromatic rings. The van der Waals surface area contributed by atoms with Crippen molar-refractivity contribution in [1.29, 1.82) is 0 Å². The lowest BCUT2D eigenvalue weighted by molar-refractivity contribution is -0.116. The van der Waals surface area contributed by atoms with Gasteiger partial charge >= 0.3 is 0 Å². The van der Waals surface area contributed by atoms with Crippen LogP contribution in [0, 0.1) is 11.6 Å². The Bertz CT molecular complexity index is 919. The summed E-state index contributed by atoms with van der Waals surface area (Å²) in [7, 11) is -2.10. The van der Waals surface area contributed by atoms with E-state index in [4.69, 9.17) is 4.74 Å². The van der Waals surface area contributed by atoms with Crippen LogP contribution in [0.1, 0.15) is 12.0 Å². The molecule has 0 aliphatic rings. The quantitative estimate of drug-likeness (QED) is 0.742. The summed E-state index contributed by atoms with van der Waals surface area (Å²) in [5.41, 5.74) is 0.751. The van der Waals surface area contributed by atoms with Gasteiger partial charge in [0.15, 0.2) is 11.6 Å². The molecule has 9 heteroatoms. The molecule has 0 radical (unpaired) electrons. The lowest BCUT2D eigenvalue weighted by Gasteiger charge is -2.21. The summed E-state index contributed by atoms with van der Waals surface area (Å²) in [5, 5.41) is 2.41. The SMILES string of the molecule is COc1ccccc1CN(CCC(=O)Nc1ccc(F)c(F)c1)S(C)(=O)=O. The Morgan fingerprint density at radius 2 is 1.85 bits per heavy atom. The van der Waals surface area contributed by atoms with Crippen LogP contribution in [0.2, 0.25) is 0 Å². The molecule has 0 aromatic heterocycles. The molecule has 6 nitrogen and oxygen atoms in total. The van der Waals surface area contributed by atoms with E-state index in [1.165, 1.54) is 13.2 Å². The minimum absolute atomic E-state index is 0.0430. The largest absolute Gasteiger partial charge is 0.496 e. The van der Waals surface area contributed by atoms with Crippen LogP contribution in [0.4, 0.5) is 14.5 Å². The molecule has 1 N–H and O–H groups in total. The van der Waals surface area contributed by atoms with Crippen molar-refractivity contribution in [2.24, 2.45) is 0 Å². The van der Waals surface area contributed by atoms with Crippen molar-refractivity contribution in [2.75, 3.05) is 25.2 Å². The molecule has 0 saturated heterocycles. The number of rotatable bonds is 8. The Labute approximate surface area is 156 Å². The molecule has 0 atom stereocenters. The van der Waals surface area contributed by atoms with Gasteiger partial charge in [0.1, 0.15) is 5.75 Å². The van der Waals surface area contributed by atoms with Gasteiger partial charge in [0, 0.05) is 36.8 Å². The number of carbonyl (C=O) groups excluding carboxylic acids is 1. The maximum absolute atomic E-state index is 13.2. The van der Waals surface area contributed by atoms with Gasteiger partial charge in [-0.2, -0.15) is 4.31 Å². The maximum atomic E-state index is 13.2. The number of para-hydroxylation sites is 1. The number of anilines is 1. The van der Waals surface area contributed by atoms with E-state index in [2.05, 4.69) is 5.32 Å². The van der Waals surface area contributed by atoms with Crippen LogP contribution >= 0.6 is 0 Å². The van der Waals surface area contributed by atoms with E-state index < -0.39 is 27.6 Å². The second-order valence-corrected chi connectivity index (χ2v) is 7.82. The molecule has 0 saturated carbocycles. The fraction of sp³-hybridized carbons (Fsp3) is 0.278. The number of hydrogen-bond donors (Lipinski definition) is 1. The van der Waals surface area contributed by atoms with Crippen molar-refractivity contribution >= 4 is 21.6 Å². The van der Waals surface area contributed by atoms with E-state index in [9.17, 15) is 22.0 Å². The smallest absolute Gasteiger partial charge is 0.225 e. The van der Waals surface area contributed by atoms with Gasteiger partial charge in [0.05, 0.1) is 13.4 Å². The van der Waals surface area contributed by atoms with Gasteiger partial charge in [-0.25, -0.2) is 17.2 Å². The van der Waals surface area contributed by atoms with Crippen molar-refractivity contribution in [3.05, 3.63) is 59.7 Å². The molecule has 0 spiro atoms. The Balaban J connectivity index is 2.04. The predicted molar refractivity (Wildman–Crippen MR) is 97.9 cm³/mol. The Kier molecular flexibility index (Phi) is 6.86. The summed E-state index contributed by atoms with van der Waals surface area (Å²) < 4.78 is 56.6. The zero-order valence-corrected chi connectivity index (χ0v) is 15.7. The monoisotopic (exact) mass is 398 g/mol. The van der Waals surface area contributed by atoms with Crippen LogP contribution in [-0.4, -0.2) is 38.5 Å². The lowest BCUT2D eigenvalue weighted by Crippen LogP contribution is -2.32. The van der Waals surface area contributed by atoms with E-state index in [0.29, 0.717) is 11.3 Å². The van der Waals surface area contributed by atoms with Crippen molar-refractivity contribution in [2.45, 2.75) is 13.0 Å². The van der Waals surface area contributed by atoms with Gasteiger partial charge in [-0.05, 0) is 18.2 Å². The normalized spacial score (nSPS) is 11.4. The van der Waals surface area contributed by atoms with Crippen LogP contribution in [-0.2, 0) is 21.4 Å². The first-order valence-electron chi connectivity index (χ1n) is 8.02. The Morgan fingerprint density at radius 1 is 1.15 bits per heavy atom. The summed E-state index contributed by atoms with van der Waals surface area (Å²) in [4.78, 5) is 12.0. The van der Waals surface area contributed by atoms with Crippen molar-refractivity contribution in [3.8, 4) is 5.75 Å². The Morgan fingerprint density at radius 3 is 2.48 bits per heavy atom. The molecule has 0 aliphatic heterocycles. The number of nitrogens with zero attached hydrogens (tertiary/aromatic N) is 1. The predicted octanol–water partition coefficient (Wildman–Crippen LogP) is 2.76. The lowest BCUT2D eigenvalue weighted by atomic mass is 10.2. The molecule has 146 valence electrons. The molecule has 0 heterocycles. The summed E-state index contributed by atoms with van der Waals surface area (Å²) in [5.74, 6) is -2.08. The first kappa shape index (κ1) is 20.8. The van der Waals surface area contributed by atoms with Crippen molar-refractivity contribution < 1.29 is 26.7 Å². The molecular formula is C18H20F2N2O4S. The number of carbonyl (C=O) groups is 1. The first-order chi connectivity index (χ1) is 12.7. The number of nitrogens with one attached hydrogen (secondary N) is 1. The van der Waals surface area contributed by atoms with E-state index in [-0.39, 0.29) is 25.2 Å². The van der Waals surface area contributed by atoms with Crippen molar-refractivity contribution in [3.63, 3.8) is 0 Å². The zero-order chi connectivity index (χ0) is 20.0. The highest BCUT2D eigenvalue weighted by Crippen LogP contribution is 2.21. The van der Waals surface area contributed by atoms with Crippen LogP contribution in [0.25, 0.3) is 0 Å². The molecule has 27 heavy (non-hydrogen) atoms. The minimum atomic E-state index is -3.58. The molecule has 2 rings (SSSR count). The highest BCUT2D eigenvalue weighted by atomic mass is 32.2. The highest BCUT2D eigenvalue weighted by molar-refractivity contribution is 7.88. The van der Waals surface area contributed by atoms with E-state index in [0.717, 1.165) is 22.7 Å². The van der Waals surface area contributed by atoms with E-state index in [1.807, 2.05) is 0 Å². The number of hydrogen-bond acceptors (Lipinski definition) is 4. The zero-order valence-electron chi connectivity index (χ0n) is 14.9. The molecule has 0 aliphatic carbocycles. The summed E-state index contributed by atoms with van der Waals surface area (Å²) in [6, 6.07) is 9.95. The van der Waals surface area contributed by atoms with Gasteiger partial charge < -0.3 is 10.1 Å². The first-order valence-corrected chi connectivity index (χ1v) is 9.87. The Hall–Kier alpha value is -2.52. The number of amides is 1. The van der Waals surface area contributed by atoms with Gasteiger partial charge in [-0.3, -0.25) is 4.79 Å². The molecule has 0 bridgehead atoms. The minimum Gasteiger partial charge on any atom is -0.496 e. The average molecular weight is 398 g/mol. The third-order valence-electron chi connectivity index (χ3n) is 3.80. The fourth-order valence-electron chi connectivity index (χ4n) is 2.41. The molecule has 0 unspecified atom stereocenters. The number of halogens is 2. The molecule has 1 amide bonds. The van der Waals surface area contributed by atoms with Gasteiger partial charge in [-0.1, -0.05) is 18.2 Å². The topological polar surface area (TPSA) is 75.7 Å². The number of sulfonamides is 1. The molecular weight excluding hydrogens is 378 g/mol. The second-order valence-electron chi connectivity index (χ2n) is 5.84. The number of benzene rings is 2. The van der Waals surface area contributed by atoms with Gasteiger partial charge in [0.25, 0.3) is 0 Å². The van der Waals surface area contributed by atoms with Crippen LogP contribution in [0.5, 0.6) is 5.75 Å². The summed E-state index contributed by atoms with van der Waals surface area (Å²) >= 11 is 0. The summed E-state index contributed by atoms with van der Waals surface area (Å²) in [6.45, 7) is -0.0340. The van der Waals surface area contributed by atoms with Crippen LogP contribution in [0.3, 0.4) is 0 Å². The van der Waals surface area contributed by atoms with Crippen molar-refractivity contribution in [1.82, 2.24) is 4.31 Å². The average Bonchev–Trinajstić information content (AvgIpc) is 2.61. The third-order valence-corrected chi connectivity index (χ3v) is 5.05. The maximum Gasteiger partial charge on any atom is 0.225 e. The molecule has 2 aromatic carbocycles. The van der Waals surface area contributed by atoms with Crippen LogP contribution < -0.4 is 10.1 Å². The van der Waals surface area contributed by atoms with Gasteiger partial charge in [0.2, 0.25) is 15.9 Å². The fourth-order valence-corrected chi connectivity index (χ4v) is 3.21. The molecule has 0 fully saturated rings. The standard InChI is InChI=1S/C18H20F2N2O4S/c1-26-17-6-4-3-5-13(17)12-22(27(2,24)25)10-9-18(23)21-14-7-8-15(19)16(20)11-14/h3-8,11H,9-10,12H2,1-2H3,(H,21,23). The second kappa shape index (κ2) is 8.92. The van der Waals surface area contributed by atoms with Crippen LogP contribution in [0.15, 0.2) is 42.5 Å². The number of ether oxygens (including phenoxy) is 1. The number of methoxy groups -OCH3 is 1. The van der Waals surface area contributed by atoms with Gasteiger partial charge in [-0.15, -0.1) is 0 Å². The highest BCUT2D eigenvalue weighted by Gasteiger charge is 2.20.